The van der Waals surface area contributed by atoms with Gasteiger partial charge in [0, 0.05) is 24.0 Å². The van der Waals surface area contributed by atoms with Gasteiger partial charge >= 0.3 is 0 Å². The van der Waals surface area contributed by atoms with Crippen LogP contribution in [0.15, 0.2) is 17.5 Å². The maximum atomic E-state index is 5.93. The van der Waals surface area contributed by atoms with Crippen LogP contribution in [0.5, 0.6) is 0 Å². The highest BCUT2D eigenvalue weighted by atomic mass is 32.1. The predicted molar refractivity (Wildman–Crippen MR) is 75.2 cm³/mol. The molecule has 3 N–H and O–H groups in total. The zero-order valence-electron chi connectivity index (χ0n) is 10.5. The second-order valence-electron chi connectivity index (χ2n) is 5.05. The molecule has 1 aromatic heterocycles. The fourth-order valence-corrected chi connectivity index (χ4v) is 3.46. The molecule has 1 aliphatic carbocycles. The van der Waals surface area contributed by atoms with Crippen molar-refractivity contribution in [3.05, 3.63) is 22.4 Å². The van der Waals surface area contributed by atoms with Crippen LogP contribution in [0.3, 0.4) is 0 Å². The molecular weight excluding hydrogens is 228 g/mol. The molecule has 1 aliphatic rings. The third kappa shape index (κ3) is 4.09. The van der Waals surface area contributed by atoms with Gasteiger partial charge in [-0.2, -0.15) is 0 Å². The van der Waals surface area contributed by atoms with Gasteiger partial charge in [0.15, 0.2) is 0 Å². The molecule has 17 heavy (non-hydrogen) atoms. The Morgan fingerprint density at radius 3 is 2.65 bits per heavy atom. The fourth-order valence-electron chi connectivity index (χ4n) is 2.80. The fraction of sp³-hybridized carbons (Fsp3) is 0.714. The van der Waals surface area contributed by atoms with E-state index in [-0.39, 0.29) is 0 Å². The lowest BCUT2D eigenvalue weighted by atomic mass is 9.92. The topological polar surface area (TPSA) is 38.0 Å². The van der Waals surface area contributed by atoms with Crippen LogP contribution in [0.1, 0.15) is 43.4 Å². The lowest BCUT2D eigenvalue weighted by Crippen LogP contribution is -2.41. The van der Waals surface area contributed by atoms with E-state index >= 15 is 0 Å². The zero-order valence-corrected chi connectivity index (χ0v) is 11.3. The molecule has 3 heteroatoms. The van der Waals surface area contributed by atoms with E-state index in [1.54, 1.807) is 0 Å². The molecule has 2 rings (SSSR count). The molecule has 1 aromatic rings. The Balaban J connectivity index is 1.82. The third-order valence-electron chi connectivity index (χ3n) is 3.84. The summed E-state index contributed by atoms with van der Waals surface area (Å²) in [6.07, 6.45) is 8.33. The Kier molecular flexibility index (Phi) is 5.49. The van der Waals surface area contributed by atoms with Crippen LogP contribution in [-0.4, -0.2) is 12.6 Å². The van der Waals surface area contributed by atoms with E-state index < -0.39 is 0 Å². The summed E-state index contributed by atoms with van der Waals surface area (Å²) in [5.41, 5.74) is 5.93. The number of hydrogen-bond acceptors (Lipinski definition) is 3. The molecular formula is C14H24N2S. The molecule has 1 fully saturated rings. The van der Waals surface area contributed by atoms with Crippen LogP contribution in [0.4, 0.5) is 0 Å². The predicted octanol–water partition coefficient (Wildman–Crippen LogP) is 3.14. The molecule has 0 aliphatic heterocycles. The number of thiophene rings is 1. The van der Waals surface area contributed by atoms with Gasteiger partial charge in [-0.05, 0) is 30.2 Å². The lowest BCUT2D eigenvalue weighted by molar-refractivity contribution is 0.323. The van der Waals surface area contributed by atoms with E-state index in [0.717, 1.165) is 19.0 Å². The van der Waals surface area contributed by atoms with Crippen LogP contribution in [0, 0.1) is 5.92 Å². The molecule has 1 unspecified atom stereocenters. The van der Waals surface area contributed by atoms with Crippen molar-refractivity contribution in [3.8, 4) is 0 Å². The Morgan fingerprint density at radius 1 is 1.29 bits per heavy atom. The van der Waals surface area contributed by atoms with Gasteiger partial charge < -0.3 is 11.1 Å². The summed E-state index contributed by atoms with van der Waals surface area (Å²) < 4.78 is 0. The second kappa shape index (κ2) is 7.14. The van der Waals surface area contributed by atoms with Gasteiger partial charge in [0.2, 0.25) is 0 Å². The SMILES string of the molecule is NCC(NCc1cccs1)C1CCCCCC1. The third-order valence-corrected chi connectivity index (χ3v) is 4.72. The zero-order chi connectivity index (χ0) is 11.9. The van der Waals surface area contributed by atoms with Gasteiger partial charge in [-0.3, -0.25) is 0 Å². The molecule has 0 bridgehead atoms. The Labute approximate surface area is 109 Å². The molecule has 1 saturated carbocycles. The summed E-state index contributed by atoms with van der Waals surface area (Å²) >= 11 is 1.82. The largest absolute Gasteiger partial charge is 0.329 e. The summed E-state index contributed by atoms with van der Waals surface area (Å²) in [6.45, 7) is 1.76. The Hall–Kier alpha value is -0.380. The molecule has 1 atom stereocenters. The lowest BCUT2D eigenvalue weighted by Gasteiger charge is -2.25. The van der Waals surface area contributed by atoms with Crippen molar-refractivity contribution in [1.29, 1.82) is 0 Å². The van der Waals surface area contributed by atoms with Crippen molar-refractivity contribution in [2.45, 2.75) is 51.1 Å². The standard InChI is InChI=1S/C14H24N2S/c15-10-14(12-6-3-1-2-4-7-12)16-11-13-8-5-9-17-13/h5,8-9,12,14,16H,1-4,6-7,10-11,15H2. The number of nitrogens with one attached hydrogen (secondary N) is 1. The summed E-state index contributed by atoms with van der Waals surface area (Å²) in [7, 11) is 0. The number of hydrogen-bond donors (Lipinski definition) is 2. The molecule has 1 heterocycles. The van der Waals surface area contributed by atoms with E-state index in [2.05, 4.69) is 22.8 Å². The van der Waals surface area contributed by atoms with Crippen LogP contribution in [0.25, 0.3) is 0 Å². The van der Waals surface area contributed by atoms with E-state index in [4.69, 9.17) is 5.73 Å². The van der Waals surface area contributed by atoms with Gasteiger partial charge in [0.25, 0.3) is 0 Å². The van der Waals surface area contributed by atoms with E-state index in [0.29, 0.717) is 6.04 Å². The number of nitrogens with two attached hydrogens (primary N) is 1. The van der Waals surface area contributed by atoms with E-state index in [9.17, 15) is 0 Å². The van der Waals surface area contributed by atoms with Crippen LogP contribution >= 0.6 is 11.3 Å². The maximum absolute atomic E-state index is 5.93. The molecule has 0 amide bonds. The molecule has 0 saturated heterocycles. The summed E-state index contributed by atoms with van der Waals surface area (Å²) in [5.74, 6) is 0.794. The van der Waals surface area contributed by atoms with Gasteiger partial charge in [-0.1, -0.05) is 31.7 Å². The molecule has 0 aromatic carbocycles. The summed E-state index contributed by atoms with van der Waals surface area (Å²) in [6, 6.07) is 4.82. The van der Waals surface area contributed by atoms with Gasteiger partial charge in [-0.25, -0.2) is 0 Å². The van der Waals surface area contributed by atoms with Gasteiger partial charge in [-0.15, -0.1) is 11.3 Å². The minimum absolute atomic E-state index is 0.509. The molecule has 96 valence electrons. The van der Waals surface area contributed by atoms with E-state index in [1.165, 1.54) is 43.4 Å². The molecule has 0 radical (unpaired) electrons. The smallest absolute Gasteiger partial charge is 0.0302 e. The maximum Gasteiger partial charge on any atom is 0.0302 e. The van der Waals surface area contributed by atoms with Crippen molar-refractivity contribution >= 4 is 11.3 Å². The second-order valence-corrected chi connectivity index (χ2v) is 6.09. The number of rotatable bonds is 5. The first-order valence-electron chi connectivity index (χ1n) is 6.86. The highest BCUT2D eigenvalue weighted by molar-refractivity contribution is 7.09. The minimum Gasteiger partial charge on any atom is -0.329 e. The van der Waals surface area contributed by atoms with Crippen LogP contribution in [-0.2, 0) is 6.54 Å². The quantitative estimate of drug-likeness (QED) is 0.790. The van der Waals surface area contributed by atoms with Crippen molar-refractivity contribution in [2.24, 2.45) is 11.7 Å². The summed E-state index contributed by atoms with van der Waals surface area (Å²) in [4.78, 5) is 1.41. The van der Waals surface area contributed by atoms with Crippen molar-refractivity contribution < 1.29 is 0 Å². The average Bonchev–Trinajstić information content (AvgIpc) is 2.72. The van der Waals surface area contributed by atoms with Crippen molar-refractivity contribution in [3.63, 3.8) is 0 Å². The normalized spacial score (nSPS) is 20.1. The first kappa shape index (κ1) is 13.1. The van der Waals surface area contributed by atoms with Crippen molar-refractivity contribution in [2.75, 3.05) is 6.54 Å². The highest BCUT2D eigenvalue weighted by Gasteiger charge is 2.21. The monoisotopic (exact) mass is 252 g/mol. The van der Waals surface area contributed by atoms with E-state index in [1.807, 2.05) is 11.3 Å². The molecule has 2 nitrogen and oxygen atoms in total. The summed E-state index contributed by atoms with van der Waals surface area (Å²) in [5, 5.41) is 5.79. The minimum atomic E-state index is 0.509. The van der Waals surface area contributed by atoms with Gasteiger partial charge in [0.1, 0.15) is 0 Å². The first-order chi connectivity index (χ1) is 8.40. The average molecular weight is 252 g/mol. The molecule has 0 spiro atoms. The van der Waals surface area contributed by atoms with Crippen LogP contribution in [0.2, 0.25) is 0 Å². The first-order valence-corrected chi connectivity index (χ1v) is 7.74. The Bertz CT molecular complexity index is 289. The van der Waals surface area contributed by atoms with Gasteiger partial charge in [0.05, 0.1) is 0 Å². The van der Waals surface area contributed by atoms with Crippen LogP contribution < -0.4 is 11.1 Å². The highest BCUT2D eigenvalue weighted by Crippen LogP contribution is 2.25. The Morgan fingerprint density at radius 2 is 2.06 bits per heavy atom. The van der Waals surface area contributed by atoms with Crippen molar-refractivity contribution in [1.82, 2.24) is 5.32 Å².